The van der Waals surface area contributed by atoms with Crippen molar-refractivity contribution in [1.29, 1.82) is 0 Å². The SMILES string of the molecule is CCCc1cc(Cl)ccc1C1COc2ccc(C(O)CC=O)cc2N(CC2CCC2C2CC(CCN(C)C)CCO2)C1. The highest BCUT2D eigenvalue weighted by Gasteiger charge is 2.41. The Labute approximate surface area is 257 Å². The highest BCUT2D eigenvalue weighted by molar-refractivity contribution is 6.30. The molecule has 0 radical (unpaired) electrons. The molecular weight excluding hydrogens is 548 g/mol. The van der Waals surface area contributed by atoms with Crippen molar-refractivity contribution < 1.29 is 19.4 Å². The Kier molecular flexibility index (Phi) is 10.9. The van der Waals surface area contributed by atoms with Crippen molar-refractivity contribution in [1.82, 2.24) is 4.90 Å². The fraction of sp³-hybridized carbons (Fsp3) is 0.629. The van der Waals surface area contributed by atoms with Crippen molar-refractivity contribution >= 4 is 23.6 Å². The number of ether oxygens (including phenoxy) is 2. The van der Waals surface area contributed by atoms with Gasteiger partial charge >= 0.3 is 0 Å². The van der Waals surface area contributed by atoms with Gasteiger partial charge in [-0.25, -0.2) is 0 Å². The van der Waals surface area contributed by atoms with Gasteiger partial charge in [0.1, 0.15) is 12.0 Å². The summed E-state index contributed by atoms with van der Waals surface area (Å²) in [6, 6.07) is 12.2. The van der Waals surface area contributed by atoms with Crippen LogP contribution in [0.3, 0.4) is 0 Å². The Balaban J connectivity index is 1.39. The number of hydrogen-bond acceptors (Lipinski definition) is 6. The first-order valence-corrected chi connectivity index (χ1v) is 16.4. The second-order valence-electron chi connectivity index (χ2n) is 13.0. The number of aliphatic hydroxyl groups excluding tert-OH is 1. The molecule has 230 valence electrons. The fourth-order valence-corrected chi connectivity index (χ4v) is 7.46. The van der Waals surface area contributed by atoms with Crippen LogP contribution >= 0.6 is 11.6 Å². The Hall–Kier alpha value is -2.12. The topological polar surface area (TPSA) is 62.2 Å². The van der Waals surface area contributed by atoms with Gasteiger partial charge in [0, 0.05) is 37.1 Å². The fourth-order valence-electron chi connectivity index (χ4n) is 7.26. The zero-order chi connectivity index (χ0) is 29.6. The highest BCUT2D eigenvalue weighted by atomic mass is 35.5. The van der Waals surface area contributed by atoms with E-state index in [1.54, 1.807) is 0 Å². The molecule has 0 amide bonds. The summed E-state index contributed by atoms with van der Waals surface area (Å²) >= 11 is 6.42. The zero-order valence-corrected chi connectivity index (χ0v) is 26.4. The van der Waals surface area contributed by atoms with Crippen LogP contribution in [0.2, 0.25) is 5.02 Å². The van der Waals surface area contributed by atoms with Crippen LogP contribution in [0.4, 0.5) is 5.69 Å². The molecule has 1 N–H and O–H groups in total. The number of benzene rings is 2. The minimum absolute atomic E-state index is 0.0894. The van der Waals surface area contributed by atoms with Gasteiger partial charge in [0.15, 0.2) is 0 Å². The summed E-state index contributed by atoms with van der Waals surface area (Å²) in [5.41, 5.74) is 4.39. The van der Waals surface area contributed by atoms with Crippen molar-refractivity contribution in [3.63, 3.8) is 0 Å². The summed E-state index contributed by atoms with van der Waals surface area (Å²) in [7, 11) is 4.32. The van der Waals surface area contributed by atoms with E-state index in [0.29, 0.717) is 24.5 Å². The number of fused-ring (bicyclic) bond motifs is 1. The van der Waals surface area contributed by atoms with E-state index in [4.69, 9.17) is 21.1 Å². The molecule has 2 heterocycles. The van der Waals surface area contributed by atoms with Crippen LogP contribution in [0, 0.1) is 17.8 Å². The summed E-state index contributed by atoms with van der Waals surface area (Å²) < 4.78 is 12.9. The number of halogens is 1. The van der Waals surface area contributed by atoms with E-state index in [0.717, 1.165) is 73.3 Å². The number of hydrogen-bond donors (Lipinski definition) is 1. The van der Waals surface area contributed by atoms with Crippen LogP contribution in [0.25, 0.3) is 0 Å². The van der Waals surface area contributed by atoms with Gasteiger partial charge in [-0.15, -0.1) is 0 Å². The second-order valence-corrected chi connectivity index (χ2v) is 13.5. The average molecular weight is 597 g/mol. The number of aryl methyl sites for hydroxylation is 1. The van der Waals surface area contributed by atoms with Gasteiger partial charge < -0.3 is 29.2 Å². The third-order valence-electron chi connectivity index (χ3n) is 9.79. The van der Waals surface area contributed by atoms with Crippen molar-refractivity contribution in [3.8, 4) is 5.75 Å². The monoisotopic (exact) mass is 596 g/mol. The maximum atomic E-state index is 11.2. The number of nitrogens with zero attached hydrogens (tertiary/aromatic N) is 2. The molecule has 0 aromatic heterocycles. The van der Waals surface area contributed by atoms with Gasteiger partial charge in [0.05, 0.1) is 24.5 Å². The van der Waals surface area contributed by atoms with Gasteiger partial charge in [0.25, 0.3) is 0 Å². The molecule has 6 nitrogen and oxygen atoms in total. The smallest absolute Gasteiger partial charge is 0.142 e. The van der Waals surface area contributed by atoms with Crippen LogP contribution in [0.1, 0.15) is 80.6 Å². The summed E-state index contributed by atoms with van der Waals surface area (Å²) in [6.45, 7) is 6.58. The molecule has 6 unspecified atom stereocenters. The second kappa shape index (κ2) is 14.6. The van der Waals surface area contributed by atoms with Crippen LogP contribution in [-0.2, 0) is 16.0 Å². The Morgan fingerprint density at radius 2 is 2.02 bits per heavy atom. The Morgan fingerprint density at radius 1 is 1.17 bits per heavy atom. The van der Waals surface area contributed by atoms with Gasteiger partial charge in [-0.3, -0.25) is 0 Å². The molecule has 5 rings (SSSR count). The van der Waals surface area contributed by atoms with Gasteiger partial charge in [-0.2, -0.15) is 0 Å². The summed E-state index contributed by atoms with van der Waals surface area (Å²) in [6.07, 6.45) is 8.48. The quantitative estimate of drug-likeness (QED) is 0.276. The Bertz CT molecular complexity index is 1190. The third-order valence-corrected chi connectivity index (χ3v) is 10.0. The van der Waals surface area contributed by atoms with Gasteiger partial charge in [-0.1, -0.05) is 37.1 Å². The van der Waals surface area contributed by atoms with Crippen molar-refractivity contribution in [2.24, 2.45) is 17.8 Å². The van der Waals surface area contributed by atoms with E-state index < -0.39 is 6.10 Å². The molecule has 1 aliphatic carbocycles. The first-order valence-electron chi connectivity index (χ1n) is 16.0. The van der Waals surface area contributed by atoms with Crippen molar-refractivity contribution in [3.05, 3.63) is 58.1 Å². The van der Waals surface area contributed by atoms with Crippen LogP contribution in [0.5, 0.6) is 5.75 Å². The minimum atomic E-state index is -0.813. The predicted octanol–water partition coefficient (Wildman–Crippen LogP) is 6.67. The molecule has 3 aliphatic rings. The summed E-state index contributed by atoms with van der Waals surface area (Å²) in [4.78, 5) is 16.0. The highest BCUT2D eigenvalue weighted by Crippen LogP contribution is 2.45. The molecule has 7 heteroatoms. The molecule has 42 heavy (non-hydrogen) atoms. The number of aliphatic hydroxyl groups is 1. The molecule has 2 aromatic carbocycles. The lowest BCUT2D eigenvalue weighted by Gasteiger charge is -2.47. The predicted molar refractivity (Wildman–Crippen MR) is 170 cm³/mol. The number of aldehydes is 1. The summed E-state index contributed by atoms with van der Waals surface area (Å²) in [5.74, 6) is 2.91. The normalized spacial score (nSPS) is 26.6. The third kappa shape index (κ3) is 7.50. The Morgan fingerprint density at radius 3 is 2.76 bits per heavy atom. The number of anilines is 1. The summed E-state index contributed by atoms with van der Waals surface area (Å²) in [5, 5.41) is 11.4. The molecule has 6 atom stereocenters. The van der Waals surface area contributed by atoms with Crippen LogP contribution in [0.15, 0.2) is 36.4 Å². The number of rotatable bonds is 12. The van der Waals surface area contributed by atoms with E-state index in [9.17, 15) is 9.90 Å². The molecular formula is C35H49ClN2O4. The number of carbonyl (C=O) groups excluding carboxylic acids is 1. The molecule has 2 aliphatic heterocycles. The minimum Gasteiger partial charge on any atom is -0.491 e. The zero-order valence-electron chi connectivity index (χ0n) is 25.6. The average Bonchev–Trinajstić information content (AvgIpc) is 3.14. The first kappa shape index (κ1) is 31.3. The van der Waals surface area contributed by atoms with Crippen molar-refractivity contribution in [2.45, 2.75) is 76.4 Å². The molecule has 0 spiro atoms. The maximum absolute atomic E-state index is 11.2. The van der Waals surface area contributed by atoms with Crippen LogP contribution in [-0.4, -0.2) is 69.3 Å². The largest absolute Gasteiger partial charge is 0.491 e. The maximum Gasteiger partial charge on any atom is 0.142 e. The first-order chi connectivity index (χ1) is 20.4. The van der Waals surface area contributed by atoms with E-state index in [1.807, 2.05) is 24.3 Å². The van der Waals surface area contributed by atoms with E-state index in [-0.39, 0.29) is 12.3 Å². The van der Waals surface area contributed by atoms with Crippen LogP contribution < -0.4 is 9.64 Å². The molecule has 2 fully saturated rings. The van der Waals surface area contributed by atoms with E-state index >= 15 is 0 Å². The standard InChI is InChI=1S/C35H49ClN2O4/c1-4-5-25-19-29(36)8-10-30(25)28-22-38(32-20-26(33(40)13-16-39)7-11-34(32)42-23-28)21-27-6-9-31(27)35-18-24(14-17-41-35)12-15-37(2)3/h7-8,10-11,16,19-20,24,27-28,31,33,35,40H,4-6,9,12-15,17-18,21-23H2,1-3H3. The molecule has 1 saturated heterocycles. The van der Waals surface area contributed by atoms with Gasteiger partial charge in [0.2, 0.25) is 0 Å². The molecule has 1 saturated carbocycles. The lowest BCUT2D eigenvalue weighted by molar-refractivity contribution is -0.109. The lowest BCUT2D eigenvalue weighted by Crippen LogP contribution is -2.47. The van der Waals surface area contributed by atoms with Gasteiger partial charge in [-0.05, 0) is 118 Å². The van der Waals surface area contributed by atoms with E-state index in [1.165, 1.54) is 43.2 Å². The van der Waals surface area contributed by atoms with E-state index in [2.05, 4.69) is 43.0 Å². The molecule has 2 aromatic rings. The molecule has 0 bridgehead atoms. The number of carbonyl (C=O) groups is 1. The lowest BCUT2D eigenvalue weighted by atomic mass is 9.67. The van der Waals surface area contributed by atoms with Crippen molar-refractivity contribution in [2.75, 3.05) is 51.8 Å².